The Kier molecular flexibility index (Phi) is 5.49. The summed E-state index contributed by atoms with van der Waals surface area (Å²) in [7, 11) is 3.61. The number of fused-ring (bicyclic) bond motifs is 1. The number of ether oxygens (including phenoxy) is 1. The van der Waals surface area contributed by atoms with E-state index in [0.717, 1.165) is 49.2 Å². The van der Waals surface area contributed by atoms with E-state index in [2.05, 4.69) is 60.0 Å². The van der Waals surface area contributed by atoms with Gasteiger partial charge in [-0.05, 0) is 55.7 Å². The molecule has 31 heavy (non-hydrogen) atoms. The van der Waals surface area contributed by atoms with E-state index in [1.807, 2.05) is 11.9 Å². The van der Waals surface area contributed by atoms with Gasteiger partial charge in [-0.2, -0.15) is 0 Å². The molecule has 0 bridgehead atoms. The van der Waals surface area contributed by atoms with Crippen LogP contribution in [0.2, 0.25) is 0 Å². The number of benzene rings is 2. The zero-order chi connectivity index (χ0) is 21.5. The van der Waals surface area contributed by atoms with Gasteiger partial charge in [-0.3, -0.25) is 4.79 Å². The molecule has 164 valence electrons. The lowest BCUT2D eigenvalue weighted by atomic mass is 9.89. The number of carbonyl (C=O) groups excluding carboxylic acids is 1. The van der Waals surface area contributed by atoms with Crippen LogP contribution in [0.1, 0.15) is 61.3 Å². The van der Waals surface area contributed by atoms with Crippen molar-refractivity contribution in [1.29, 1.82) is 0 Å². The number of piperidine rings is 1. The molecule has 1 saturated heterocycles. The second kappa shape index (κ2) is 8.29. The van der Waals surface area contributed by atoms with E-state index in [-0.39, 0.29) is 17.9 Å². The van der Waals surface area contributed by atoms with Crippen LogP contribution in [0.3, 0.4) is 0 Å². The van der Waals surface area contributed by atoms with E-state index in [1.54, 1.807) is 7.11 Å². The predicted octanol–water partition coefficient (Wildman–Crippen LogP) is 4.14. The Labute approximate surface area is 185 Å². The summed E-state index contributed by atoms with van der Waals surface area (Å²) in [4.78, 5) is 14.7. The number of anilines is 1. The Morgan fingerprint density at radius 3 is 2.61 bits per heavy atom. The summed E-state index contributed by atoms with van der Waals surface area (Å²) in [6.45, 7) is 3.00. The zero-order valence-electron chi connectivity index (χ0n) is 18.7. The van der Waals surface area contributed by atoms with Gasteiger partial charge in [0.15, 0.2) is 0 Å². The van der Waals surface area contributed by atoms with Gasteiger partial charge >= 0.3 is 0 Å². The van der Waals surface area contributed by atoms with Crippen molar-refractivity contribution in [3.63, 3.8) is 0 Å². The highest BCUT2D eigenvalue weighted by atomic mass is 16.5. The van der Waals surface area contributed by atoms with Gasteiger partial charge in [-0.15, -0.1) is 0 Å². The maximum absolute atomic E-state index is 12.9. The molecule has 5 rings (SSSR count). The monoisotopic (exact) mass is 419 g/mol. The average Bonchev–Trinajstić information content (AvgIpc) is 3.60. The maximum atomic E-state index is 12.9. The first-order valence-corrected chi connectivity index (χ1v) is 11.6. The highest BCUT2D eigenvalue weighted by Crippen LogP contribution is 2.51. The first kappa shape index (κ1) is 20.5. The van der Waals surface area contributed by atoms with Gasteiger partial charge in [0, 0.05) is 43.3 Å². The summed E-state index contributed by atoms with van der Waals surface area (Å²) >= 11 is 0. The molecule has 2 fully saturated rings. The van der Waals surface area contributed by atoms with Gasteiger partial charge in [-0.25, -0.2) is 0 Å². The minimum atomic E-state index is 0.0268. The van der Waals surface area contributed by atoms with Gasteiger partial charge in [-0.1, -0.05) is 30.3 Å². The second-order valence-corrected chi connectivity index (χ2v) is 9.46. The number of carbonyl (C=O) groups is 1. The van der Waals surface area contributed by atoms with Crippen LogP contribution in [0, 0.1) is 5.92 Å². The number of nitrogens with one attached hydrogen (secondary N) is 2. The van der Waals surface area contributed by atoms with Gasteiger partial charge in [0.25, 0.3) is 0 Å². The van der Waals surface area contributed by atoms with E-state index in [4.69, 9.17) is 4.74 Å². The number of likely N-dealkylation sites (N-methyl/N-ethyl adjacent to an activating group) is 1. The molecule has 2 N–H and O–H groups in total. The van der Waals surface area contributed by atoms with Crippen LogP contribution >= 0.6 is 0 Å². The van der Waals surface area contributed by atoms with Crippen molar-refractivity contribution < 1.29 is 9.53 Å². The molecule has 5 nitrogen and oxygen atoms in total. The predicted molar refractivity (Wildman–Crippen MR) is 124 cm³/mol. The van der Waals surface area contributed by atoms with Gasteiger partial charge in [0.05, 0.1) is 18.7 Å². The van der Waals surface area contributed by atoms with Crippen molar-refractivity contribution >= 4 is 11.6 Å². The molecular weight excluding hydrogens is 386 g/mol. The number of hydrogen-bond acceptors (Lipinski definition) is 4. The Balaban J connectivity index is 1.39. The molecule has 1 aliphatic carbocycles. The van der Waals surface area contributed by atoms with Crippen molar-refractivity contribution in [2.45, 2.75) is 63.2 Å². The summed E-state index contributed by atoms with van der Waals surface area (Å²) in [5, 5.41) is 7.60. The zero-order valence-corrected chi connectivity index (χ0v) is 18.7. The summed E-state index contributed by atoms with van der Waals surface area (Å²) in [6, 6.07) is 16.2. The molecule has 0 radical (unpaired) electrons. The highest BCUT2D eigenvalue weighted by molar-refractivity contribution is 6.05. The normalized spacial score (nSPS) is 28.0. The Bertz CT molecular complexity index is 957. The smallest absolute Gasteiger partial charge is 0.234 e. The van der Waals surface area contributed by atoms with Crippen molar-refractivity contribution in [2.75, 3.05) is 19.1 Å². The second-order valence-electron chi connectivity index (χ2n) is 9.46. The number of methoxy groups -OCH3 is 1. The Morgan fingerprint density at radius 2 is 1.90 bits per heavy atom. The average molecular weight is 420 g/mol. The number of amides is 1. The van der Waals surface area contributed by atoms with Gasteiger partial charge in [0.2, 0.25) is 5.91 Å². The van der Waals surface area contributed by atoms with Crippen molar-refractivity contribution in [1.82, 2.24) is 10.6 Å². The molecule has 0 spiro atoms. The number of rotatable bonds is 6. The minimum absolute atomic E-state index is 0.0268. The highest BCUT2D eigenvalue weighted by Gasteiger charge is 2.45. The molecular formula is C26H33N3O2. The lowest BCUT2D eigenvalue weighted by Gasteiger charge is -2.37. The third kappa shape index (κ3) is 3.85. The van der Waals surface area contributed by atoms with Crippen molar-refractivity contribution in [2.24, 2.45) is 5.92 Å². The lowest BCUT2D eigenvalue weighted by Crippen LogP contribution is -2.49. The number of nitrogens with zero attached hydrogens (tertiary/aromatic N) is 1. The van der Waals surface area contributed by atoms with E-state index in [0.29, 0.717) is 18.0 Å². The van der Waals surface area contributed by atoms with Crippen LogP contribution in [0.25, 0.3) is 0 Å². The van der Waals surface area contributed by atoms with Crippen molar-refractivity contribution in [3.8, 4) is 5.75 Å². The first-order chi connectivity index (χ1) is 15.1. The van der Waals surface area contributed by atoms with Crippen LogP contribution in [0.5, 0.6) is 5.75 Å². The Morgan fingerprint density at radius 1 is 1.13 bits per heavy atom. The summed E-state index contributed by atoms with van der Waals surface area (Å²) in [6.07, 6.45) is 4.61. The molecule has 3 aliphatic rings. The SMILES string of the molecule is COc1cc2c(cc1CNC1CCC(C)NC1c1ccccc1)C(C1CC1)C(=O)N2C. The summed E-state index contributed by atoms with van der Waals surface area (Å²) in [5.41, 5.74) is 4.66. The van der Waals surface area contributed by atoms with Gasteiger partial charge < -0.3 is 20.3 Å². The topological polar surface area (TPSA) is 53.6 Å². The minimum Gasteiger partial charge on any atom is -0.496 e. The molecule has 2 aromatic carbocycles. The molecule has 2 aliphatic heterocycles. The lowest BCUT2D eigenvalue weighted by molar-refractivity contribution is -0.119. The maximum Gasteiger partial charge on any atom is 0.234 e. The molecule has 5 heteroatoms. The number of hydrogen-bond donors (Lipinski definition) is 2. The molecule has 2 heterocycles. The van der Waals surface area contributed by atoms with E-state index >= 15 is 0 Å². The van der Waals surface area contributed by atoms with E-state index in [9.17, 15) is 4.79 Å². The fraction of sp³-hybridized carbons (Fsp3) is 0.500. The van der Waals surface area contributed by atoms with Crippen LogP contribution in [-0.4, -0.2) is 32.1 Å². The van der Waals surface area contributed by atoms with Crippen LogP contribution < -0.4 is 20.3 Å². The van der Waals surface area contributed by atoms with Crippen LogP contribution in [0.4, 0.5) is 5.69 Å². The first-order valence-electron chi connectivity index (χ1n) is 11.6. The summed E-state index contributed by atoms with van der Waals surface area (Å²) in [5.74, 6) is 1.63. The van der Waals surface area contributed by atoms with Crippen LogP contribution in [-0.2, 0) is 11.3 Å². The Hall–Kier alpha value is -2.37. The van der Waals surface area contributed by atoms with E-state index < -0.39 is 0 Å². The third-order valence-corrected chi connectivity index (χ3v) is 7.31. The molecule has 4 atom stereocenters. The molecule has 4 unspecified atom stereocenters. The molecule has 2 aromatic rings. The molecule has 1 amide bonds. The van der Waals surface area contributed by atoms with E-state index in [1.165, 1.54) is 11.1 Å². The fourth-order valence-electron chi connectivity index (χ4n) is 5.40. The molecule has 0 aromatic heterocycles. The van der Waals surface area contributed by atoms with Gasteiger partial charge in [0.1, 0.15) is 5.75 Å². The van der Waals surface area contributed by atoms with Crippen LogP contribution in [0.15, 0.2) is 42.5 Å². The van der Waals surface area contributed by atoms with Crippen molar-refractivity contribution in [3.05, 3.63) is 59.2 Å². The summed E-state index contributed by atoms with van der Waals surface area (Å²) < 4.78 is 5.74. The quantitative estimate of drug-likeness (QED) is 0.739. The molecule has 1 saturated carbocycles. The third-order valence-electron chi connectivity index (χ3n) is 7.31. The fourth-order valence-corrected chi connectivity index (χ4v) is 5.40. The standard InChI is InChI=1S/C26H33N3O2/c1-16-9-12-21(25(28-16)18-7-5-4-6-8-18)27-15-19-13-20-22(14-23(19)31-3)29(2)26(30)24(20)17-10-11-17/h4-8,13-14,16-17,21,24-25,27-28H,9-12,15H2,1-3H3. The largest absolute Gasteiger partial charge is 0.496 e.